The van der Waals surface area contributed by atoms with Crippen LogP contribution in [-0.2, 0) is 46.1 Å². The van der Waals surface area contributed by atoms with Gasteiger partial charge in [-0.3, -0.25) is 0 Å². The molecule has 0 unspecified atom stereocenters. The Bertz CT molecular complexity index is 1690. The number of hydrogen-bond donors (Lipinski definition) is 6. The van der Waals surface area contributed by atoms with E-state index in [1.807, 2.05) is 109 Å². The van der Waals surface area contributed by atoms with Gasteiger partial charge in [-0.15, -0.1) is 0 Å². The Morgan fingerprint density at radius 1 is 0.672 bits per heavy atom. The van der Waals surface area contributed by atoms with E-state index in [-0.39, 0.29) is 17.4 Å². The Morgan fingerprint density at radius 2 is 1.06 bits per heavy atom. The molecule has 15 nitrogen and oxygen atoms in total. The van der Waals surface area contributed by atoms with Crippen LogP contribution < -0.4 is 21.7 Å². The fourth-order valence-electron chi connectivity index (χ4n) is 7.39. The molecule has 2 fully saturated rings. The van der Waals surface area contributed by atoms with Gasteiger partial charge in [0, 0.05) is 37.9 Å². The highest BCUT2D eigenvalue weighted by atomic mass is 16.7. The van der Waals surface area contributed by atoms with Crippen molar-refractivity contribution in [3.8, 4) is 0 Å². The van der Waals surface area contributed by atoms with Gasteiger partial charge in [0.2, 0.25) is 0 Å². The van der Waals surface area contributed by atoms with Crippen LogP contribution in [-0.4, -0.2) is 122 Å². The average Bonchev–Trinajstić information content (AvgIpc) is 3.87. The number of hydrogen-bond acceptors (Lipinski definition) is 13. The van der Waals surface area contributed by atoms with Gasteiger partial charge in [-0.1, -0.05) is 88.4 Å². The molecular formula is C52H88N4O11. The molecule has 2 aromatic rings. The van der Waals surface area contributed by atoms with Crippen molar-refractivity contribution < 1.29 is 53.0 Å². The topological polar surface area (TPSA) is 209 Å². The van der Waals surface area contributed by atoms with Crippen molar-refractivity contribution in [1.82, 2.24) is 16.0 Å². The van der Waals surface area contributed by atoms with Gasteiger partial charge in [0.05, 0.1) is 50.7 Å². The van der Waals surface area contributed by atoms with E-state index in [1.165, 1.54) is 0 Å². The quantitative estimate of drug-likeness (QED) is 0.0629. The summed E-state index contributed by atoms with van der Waals surface area (Å²) in [4.78, 5) is 34.8. The fraction of sp³-hybridized carbons (Fsp3) is 0.712. The third kappa shape index (κ3) is 26.6. The first-order valence-corrected chi connectivity index (χ1v) is 24.0. The lowest BCUT2D eigenvalue weighted by molar-refractivity contribution is -0.148. The molecule has 2 aromatic carbocycles. The molecule has 0 radical (unpaired) electrons. The molecule has 7 N–H and O–H groups in total. The first-order chi connectivity index (χ1) is 31.2. The summed E-state index contributed by atoms with van der Waals surface area (Å²) >= 11 is 0. The third-order valence-corrected chi connectivity index (χ3v) is 11.2. The summed E-state index contributed by atoms with van der Waals surface area (Å²) in [6.07, 6.45) is 5.00. The average molecular weight is 945 g/mol. The van der Waals surface area contributed by atoms with Gasteiger partial charge in [0.1, 0.15) is 17.5 Å². The molecule has 2 heterocycles. The van der Waals surface area contributed by atoms with E-state index in [4.69, 9.17) is 34.2 Å². The van der Waals surface area contributed by atoms with Gasteiger partial charge in [0.25, 0.3) is 0 Å². The molecule has 4 atom stereocenters. The first kappa shape index (κ1) is 59.5. The molecule has 382 valence electrons. The van der Waals surface area contributed by atoms with Gasteiger partial charge in [-0.25, -0.2) is 9.59 Å². The smallest absolute Gasteiger partial charge is 0.407 e. The maximum Gasteiger partial charge on any atom is 0.407 e. The number of carbonyl (C=O) groups is 3. The SMILES string of the molecule is CC(C)(C)OC(=O)N[C@@H](Cc1ccccc1)[C@H](O)CN.CC(C)(C=O)CCCC1(C)OCCO1.CC(C)(CCCC1(C)OCCO1)CNC[C@@H](O)[C@H](Cc1ccccc1)NC(=O)OC(C)(C)C. The van der Waals surface area contributed by atoms with Gasteiger partial charge in [0.15, 0.2) is 11.6 Å². The monoisotopic (exact) mass is 945 g/mol. The molecule has 0 spiro atoms. The third-order valence-electron chi connectivity index (χ3n) is 11.2. The van der Waals surface area contributed by atoms with E-state index in [1.54, 1.807) is 20.8 Å². The lowest BCUT2D eigenvalue weighted by atomic mass is 9.86. The van der Waals surface area contributed by atoms with Crippen molar-refractivity contribution in [2.75, 3.05) is 46.1 Å². The number of rotatable bonds is 22. The van der Waals surface area contributed by atoms with Gasteiger partial charge in [-0.2, -0.15) is 0 Å². The van der Waals surface area contributed by atoms with Crippen LogP contribution in [0.1, 0.15) is 133 Å². The molecule has 15 heteroatoms. The Hall–Kier alpha value is -3.67. The van der Waals surface area contributed by atoms with Crippen LogP contribution in [0.3, 0.4) is 0 Å². The number of aliphatic hydroxyl groups excluding tert-OH is 2. The van der Waals surface area contributed by atoms with Crippen molar-refractivity contribution in [2.45, 2.75) is 182 Å². The second-order valence-electron chi connectivity index (χ2n) is 21.5. The predicted octanol–water partition coefficient (Wildman–Crippen LogP) is 7.62. The standard InChI is InChI=1S/C26H44N2O5.C15H24N2O3.C11H20O3/c1-24(2,3)33-23(30)28-21(17-20-11-8-7-9-12-20)22(29)18-27-19-25(4,5)13-10-14-26(6)31-15-16-32-26;1-15(2,3)20-14(19)17-12(13(18)10-16)9-11-7-5-4-6-8-11;1-10(2,9-12)5-4-6-11(3)13-7-8-14-11/h7-9,11-12,21-22,27,29H,10,13-19H2,1-6H3,(H,28,30);4-8,12-13,18H,9-10,16H2,1-3H3,(H,17,19);9H,4-8H2,1-3H3/t21-,22+;12-,13+;/m00./s1. The van der Waals surface area contributed by atoms with Gasteiger partial charge >= 0.3 is 12.2 Å². The number of amides is 2. The van der Waals surface area contributed by atoms with Crippen LogP contribution in [0, 0.1) is 10.8 Å². The van der Waals surface area contributed by atoms with E-state index >= 15 is 0 Å². The summed E-state index contributed by atoms with van der Waals surface area (Å²) in [6, 6.07) is 18.5. The van der Waals surface area contributed by atoms with Gasteiger partial charge < -0.3 is 65.1 Å². The Kier molecular flexibility index (Phi) is 24.9. The number of benzene rings is 2. The van der Waals surface area contributed by atoms with Crippen LogP contribution in [0.2, 0.25) is 0 Å². The Labute approximate surface area is 402 Å². The highest BCUT2D eigenvalue weighted by Gasteiger charge is 2.33. The summed E-state index contributed by atoms with van der Waals surface area (Å²) in [5, 5.41) is 29.8. The van der Waals surface area contributed by atoms with Crippen LogP contribution in [0.15, 0.2) is 60.7 Å². The molecule has 0 saturated carbocycles. The summed E-state index contributed by atoms with van der Waals surface area (Å²) < 4.78 is 32.9. The van der Waals surface area contributed by atoms with Crippen molar-refractivity contribution in [1.29, 1.82) is 0 Å². The lowest BCUT2D eigenvalue weighted by Crippen LogP contribution is -2.50. The van der Waals surface area contributed by atoms with Gasteiger partial charge in [-0.05, 0) is 110 Å². The summed E-state index contributed by atoms with van der Waals surface area (Å²) in [6.45, 7) is 27.1. The summed E-state index contributed by atoms with van der Waals surface area (Å²) in [5.74, 6) is -0.851. The summed E-state index contributed by atoms with van der Waals surface area (Å²) in [5.41, 5.74) is 6.22. The first-order valence-electron chi connectivity index (χ1n) is 24.0. The van der Waals surface area contributed by atoms with Crippen molar-refractivity contribution in [3.05, 3.63) is 71.8 Å². The lowest BCUT2D eigenvalue weighted by Gasteiger charge is -2.30. The molecule has 2 aliphatic heterocycles. The maximum atomic E-state index is 12.4. The molecule has 0 aromatic heterocycles. The van der Waals surface area contributed by atoms with Crippen LogP contribution in [0.4, 0.5) is 9.59 Å². The molecular weight excluding hydrogens is 857 g/mol. The summed E-state index contributed by atoms with van der Waals surface area (Å²) in [7, 11) is 0. The molecule has 2 saturated heterocycles. The zero-order valence-electron chi connectivity index (χ0n) is 42.9. The molecule has 2 aliphatic rings. The normalized spacial score (nSPS) is 17.6. The van der Waals surface area contributed by atoms with Crippen molar-refractivity contribution >= 4 is 18.5 Å². The second kappa shape index (κ2) is 28.1. The number of alkyl carbamates (subject to hydrolysis) is 2. The zero-order valence-corrected chi connectivity index (χ0v) is 42.9. The second-order valence-corrected chi connectivity index (χ2v) is 21.5. The number of nitrogens with two attached hydrogens (primary N) is 1. The molecule has 4 rings (SSSR count). The minimum absolute atomic E-state index is 0.0577. The predicted molar refractivity (Wildman–Crippen MR) is 262 cm³/mol. The highest BCUT2D eigenvalue weighted by Crippen LogP contribution is 2.30. The van der Waals surface area contributed by atoms with E-state index in [9.17, 15) is 24.6 Å². The minimum Gasteiger partial charge on any atom is -0.444 e. The number of carbonyl (C=O) groups excluding carboxylic acids is 3. The Balaban J connectivity index is 0.000000383. The molecule has 0 aliphatic carbocycles. The largest absolute Gasteiger partial charge is 0.444 e. The zero-order chi connectivity index (χ0) is 50.4. The Morgan fingerprint density at radius 3 is 1.43 bits per heavy atom. The van der Waals surface area contributed by atoms with Crippen LogP contribution in [0.25, 0.3) is 0 Å². The highest BCUT2D eigenvalue weighted by molar-refractivity contribution is 5.68. The minimum atomic E-state index is -0.817. The van der Waals surface area contributed by atoms with E-state index in [0.717, 1.165) is 62.5 Å². The van der Waals surface area contributed by atoms with Crippen LogP contribution >= 0.6 is 0 Å². The van der Waals surface area contributed by atoms with Crippen molar-refractivity contribution in [2.24, 2.45) is 16.6 Å². The van der Waals surface area contributed by atoms with Crippen molar-refractivity contribution in [3.63, 3.8) is 0 Å². The molecule has 67 heavy (non-hydrogen) atoms. The van der Waals surface area contributed by atoms with E-state index in [0.29, 0.717) is 45.8 Å². The fourth-order valence-corrected chi connectivity index (χ4v) is 7.39. The number of nitrogens with one attached hydrogen (secondary N) is 3. The maximum absolute atomic E-state index is 12.4. The number of ether oxygens (including phenoxy) is 6. The number of aldehydes is 1. The van der Waals surface area contributed by atoms with E-state index < -0.39 is 59.3 Å². The van der Waals surface area contributed by atoms with E-state index in [2.05, 4.69) is 29.8 Å². The molecule has 2 amide bonds. The number of aliphatic hydroxyl groups is 2. The molecule has 0 bridgehead atoms. The van der Waals surface area contributed by atoms with Crippen LogP contribution in [0.5, 0.6) is 0 Å².